The molecule has 1 aromatic carbocycles. The van der Waals surface area contributed by atoms with E-state index in [9.17, 15) is 9.59 Å². The molecule has 0 aliphatic rings. The first-order chi connectivity index (χ1) is 11.4. The quantitative estimate of drug-likeness (QED) is 0.820. The Morgan fingerprint density at radius 3 is 2.71 bits per heavy atom. The van der Waals surface area contributed by atoms with Crippen LogP contribution in [0.2, 0.25) is 5.02 Å². The van der Waals surface area contributed by atoms with Crippen LogP contribution in [0.1, 0.15) is 10.4 Å². The summed E-state index contributed by atoms with van der Waals surface area (Å²) in [6.45, 7) is -0.230. The number of ether oxygens (including phenoxy) is 2. The first-order valence-corrected chi connectivity index (χ1v) is 7.31. The van der Waals surface area contributed by atoms with Gasteiger partial charge in [-0.3, -0.25) is 14.3 Å². The molecule has 0 radical (unpaired) electrons. The number of hydrogen-bond donors (Lipinski definition) is 2. The summed E-state index contributed by atoms with van der Waals surface area (Å²) >= 11 is 5.90. The summed E-state index contributed by atoms with van der Waals surface area (Å²) in [5.41, 5.74) is 0.663. The molecule has 0 saturated carbocycles. The van der Waals surface area contributed by atoms with Crippen LogP contribution in [0.4, 0.5) is 5.69 Å². The molecule has 9 heteroatoms. The second kappa shape index (κ2) is 7.69. The number of carbonyl (C=O) groups is 2. The van der Waals surface area contributed by atoms with Crippen LogP contribution in [0.5, 0.6) is 11.6 Å². The minimum Gasteiger partial charge on any atom is -0.495 e. The Kier molecular flexibility index (Phi) is 5.64. The molecule has 0 fully saturated rings. The van der Waals surface area contributed by atoms with Crippen molar-refractivity contribution in [2.75, 3.05) is 26.1 Å². The van der Waals surface area contributed by atoms with Gasteiger partial charge in [-0.25, -0.2) is 0 Å². The third kappa shape index (κ3) is 4.17. The summed E-state index contributed by atoms with van der Waals surface area (Å²) in [4.78, 5) is 24.1. The summed E-state index contributed by atoms with van der Waals surface area (Å²) < 4.78 is 11.6. The molecule has 8 nitrogen and oxygen atoms in total. The predicted molar refractivity (Wildman–Crippen MR) is 88.7 cm³/mol. The van der Waals surface area contributed by atoms with Crippen LogP contribution < -0.4 is 20.1 Å². The van der Waals surface area contributed by atoms with E-state index in [-0.39, 0.29) is 18.0 Å². The minimum atomic E-state index is -0.465. The Labute approximate surface area is 143 Å². The Morgan fingerprint density at radius 1 is 1.29 bits per heavy atom. The van der Waals surface area contributed by atoms with E-state index in [4.69, 9.17) is 21.1 Å². The van der Waals surface area contributed by atoms with Crippen molar-refractivity contribution in [2.24, 2.45) is 7.05 Å². The lowest BCUT2D eigenvalue weighted by Crippen LogP contribution is -2.33. The van der Waals surface area contributed by atoms with Crippen LogP contribution in [0.15, 0.2) is 24.4 Å². The highest BCUT2D eigenvalue weighted by Gasteiger charge is 2.17. The Morgan fingerprint density at radius 2 is 2.04 bits per heavy atom. The van der Waals surface area contributed by atoms with E-state index >= 15 is 0 Å². The molecule has 2 rings (SSSR count). The van der Waals surface area contributed by atoms with Gasteiger partial charge in [-0.1, -0.05) is 11.6 Å². The first-order valence-electron chi connectivity index (χ1n) is 6.93. The van der Waals surface area contributed by atoms with Crippen molar-refractivity contribution < 1.29 is 19.1 Å². The number of methoxy groups -OCH3 is 2. The SMILES string of the molecule is COc1ccc(Cl)cc1NC(=O)CNC(=O)c1cn(C)nc1OC. The number of rotatable bonds is 6. The van der Waals surface area contributed by atoms with Gasteiger partial charge in [0.05, 0.1) is 26.5 Å². The highest BCUT2D eigenvalue weighted by Crippen LogP contribution is 2.27. The monoisotopic (exact) mass is 352 g/mol. The van der Waals surface area contributed by atoms with Crippen molar-refractivity contribution in [3.05, 3.63) is 35.0 Å². The smallest absolute Gasteiger partial charge is 0.258 e. The number of carbonyl (C=O) groups excluding carboxylic acids is 2. The number of halogens is 1. The van der Waals surface area contributed by atoms with Crippen molar-refractivity contribution in [1.29, 1.82) is 0 Å². The second-order valence-corrected chi connectivity index (χ2v) is 5.24. The Balaban J connectivity index is 1.98. The molecule has 0 aliphatic carbocycles. The zero-order chi connectivity index (χ0) is 17.7. The number of anilines is 1. The molecule has 128 valence electrons. The van der Waals surface area contributed by atoms with E-state index in [1.54, 1.807) is 25.2 Å². The second-order valence-electron chi connectivity index (χ2n) is 4.80. The number of amides is 2. The first kappa shape index (κ1) is 17.6. The van der Waals surface area contributed by atoms with E-state index in [0.717, 1.165) is 0 Å². The van der Waals surface area contributed by atoms with Crippen molar-refractivity contribution >= 4 is 29.1 Å². The molecule has 2 aromatic rings. The van der Waals surface area contributed by atoms with Gasteiger partial charge >= 0.3 is 0 Å². The van der Waals surface area contributed by atoms with Gasteiger partial charge in [0.2, 0.25) is 11.8 Å². The molecule has 2 amide bonds. The van der Waals surface area contributed by atoms with Gasteiger partial charge in [0, 0.05) is 18.3 Å². The van der Waals surface area contributed by atoms with Crippen LogP contribution in [0.3, 0.4) is 0 Å². The van der Waals surface area contributed by atoms with Crippen molar-refractivity contribution in [3.8, 4) is 11.6 Å². The van der Waals surface area contributed by atoms with Crippen LogP contribution in [0, 0.1) is 0 Å². The number of hydrogen-bond acceptors (Lipinski definition) is 5. The van der Waals surface area contributed by atoms with E-state index in [1.165, 1.54) is 25.1 Å². The molecule has 1 aromatic heterocycles. The number of nitrogens with zero attached hydrogens (tertiary/aromatic N) is 2. The van der Waals surface area contributed by atoms with Gasteiger partial charge in [0.15, 0.2) is 0 Å². The lowest BCUT2D eigenvalue weighted by molar-refractivity contribution is -0.115. The van der Waals surface area contributed by atoms with Gasteiger partial charge in [-0.15, -0.1) is 5.10 Å². The largest absolute Gasteiger partial charge is 0.495 e. The van der Waals surface area contributed by atoms with Gasteiger partial charge in [0.25, 0.3) is 5.91 Å². The molecule has 0 spiro atoms. The number of aryl methyl sites for hydroxylation is 1. The fraction of sp³-hybridized carbons (Fsp3) is 0.267. The fourth-order valence-electron chi connectivity index (χ4n) is 2.00. The predicted octanol–water partition coefficient (Wildman–Crippen LogP) is 1.46. The molecule has 0 atom stereocenters. The third-order valence-electron chi connectivity index (χ3n) is 3.08. The maximum atomic E-state index is 12.1. The highest BCUT2D eigenvalue weighted by atomic mass is 35.5. The van der Waals surface area contributed by atoms with Crippen LogP contribution in [0.25, 0.3) is 0 Å². The van der Waals surface area contributed by atoms with E-state index in [1.807, 2.05) is 0 Å². The van der Waals surface area contributed by atoms with Crippen LogP contribution in [-0.4, -0.2) is 42.4 Å². The highest BCUT2D eigenvalue weighted by molar-refractivity contribution is 6.31. The molecule has 0 saturated heterocycles. The van der Waals surface area contributed by atoms with Gasteiger partial charge in [-0.05, 0) is 18.2 Å². The summed E-state index contributed by atoms with van der Waals surface area (Å²) in [5.74, 6) is -0.236. The normalized spacial score (nSPS) is 10.2. The van der Waals surface area contributed by atoms with E-state index < -0.39 is 11.8 Å². The molecule has 0 bridgehead atoms. The maximum absolute atomic E-state index is 12.1. The average Bonchev–Trinajstić information content (AvgIpc) is 2.94. The van der Waals surface area contributed by atoms with Crippen molar-refractivity contribution in [2.45, 2.75) is 0 Å². The molecule has 0 aliphatic heterocycles. The lowest BCUT2D eigenvalue weighted by atomic mass is 10.3. The topological polar surface area (TPSA) is 94.5 Å². The average molecular weight is 353 g/mol. The van der Waals surface area contributed by atoms with E-state index in [2.05, 4.69) is 15.7 Å². The standard InChI is InChI=1S/C15H17ClN4O4/c1-20-8-10(15(19-20)24-3)14(22)17-7-13(21)18-11-6-9(16)4-5-12(11)23-2/h4-6,8H,7H2,1-3H3,(H,17,22)(H,18,21). The zero-order valence-corrected chi connectivity index (χ0v) is 14.2. The van der Waals surface area contributed by atoms with E-state index in [0.29, 0.717) is 16.5 Å². The molecule has 1 heterocycles. The molecule has 2 N–H and O–H groups in total. The Bertz CT molecular complexity index is 760. The molecular formula is C15H17ClN4O4. The fourth-order valence-corrected chi connectivity index (χ4v) is 2.17. The number of nitrogens with one attached hydrogen (secondary N) is 2. The Hall–Kier alpha value is -2.74. The number of aromatic nitrogens is 2. The van der Waals surface area contributed by atoms with Crippen molar-refractivity contribution in [3.63, 3.8) is 0 Å². The van der Waals surface area contributed by atoms with Crippen LogP contribution in [-0.2, 0) is 11.8 Å². The van der Waals surface area contributed by atoms with Gasteiger partial charge in [0.1, 0.15) is 11.3 Å². The van der Waals surface area contributed by atoms with Crippen molar-refractivity contribution in [1.82, 2.24) is 15.1 Å². The molecule has 24 heavy (non-hydrogen) atoms. The summed E-state index contributed by atoms with van der Waals surface area (Å²) in [5, 5.41) is 9.56. The third-order valence-corrected chi connectivity index (χ3v) is 3.31. The number of benzene rings is 1. The van der Waals surface area contributed by atoms with Gasteiger partial charge in [-0.2, -0.15) is 0 Å². The minimum absolute atomic E-state index is 0.187. The van der Waals surface area contributed by atoms with Crippen LogP contribution >= 0.6 is 11.6 Å². The molecule has 0 unspecified atom stereocenters. The maximum Gasteiger partial charge on any atom is 0.258 e. The molecular weight excluding hydrogens is 336 g/mol. The summed E-state index contributed by atoms with van der Waals surface area (Å²) in [7, 11) is 4.56. The van der Waals surface area contributed by atoms with Gasteiger partial charge < -0.3 is 20.1 Å². The summed E-state index contributed by atoms with van der Waals surface area (Å²) in [6.07, 6.45) is 1.51. The lowest BCUT2D eigenvalue weighted by Gasteiger charge is -2.11. The summed E-state index contributed by atoms with van der Waals surface area (Å²) in [6, 6.07) is 4.84. The zero-order valence-electron chi connectivity index (χ0n) is 13.4.